The molecule has 2 aliphatic carbocycles. The Kier molecular flexibility index (Phi) is 6.78. The van der Waals surface area contributed by atoms with Crippen molar-refractivity contribution in [2.45, 2.75) is 54.5 Å². The summed E-state index contributed by atoms with van der Waals surface area (Å²) in [5.41, 5.74) is -1.74. The van der Waals surface area contributed by atoms with Gasteiger partial charge < -0.3 is 15.5 Å². The van der Waals surface area contributed by atoms with Crippen LogP contribution in [-0.4, -0.2) is 47.3 Å². The number of ketones is 1. The molecule has 0 aliphatic heterocycles. The fourth-order valence-electron chi connectivity index (χ4n) is 5.39. The minimum absolute atomic E-state index is 0.0135. The highest BCUT2D eigenvalue weighted by atomic mass is 35.5. The van der Waals surface area contributed by atoms with E-state index < -0.39 is 62.0 Å². The molecule has 2 aliphatic rings. The molecule has 1 unspecified atom stereocenters. The van der Waals surface area contributed by atoms with E-state index >= 15 is 0 Å². The smallest absolute Gasteiger partial charge is 0.255 e. The lowest BCUT2D eigenvalue weighted by Gasteiger charge is -2.44. The van der Waals surface area contributed by atoms with Crippen LogP contribution in [0.1, 0.15) is 43.0 Å². The summed E-state index contributed by atoms with van der Waals surface area (Å²) in [6, 6.07) is 6.52. The van der Waals surface area contributed by atoms with E-state index in [1.807, 2.05) is 0 Å². The van der Waals surface area contributed by atoms with Gasteiger partial charge in [0.05, 0.1) is 15.2 Å². The Hall–Kier alpha value is -2.40. The Balaban J connectivity index is 1.59. The zero-order valence-corrected chi connectivity index (χ0v) is 20.2. The first kappa shape index (κ1) is 25.7. The fourth-order valence-corrected chi connectivity index (χ4v) is 7.79. The van der Waals surface area contributed by atoms with E-state index in [9.17, 15) is 37.0 Å². The van der Waals surface area contributed by atoms with Crippen LogP contribution in [0.15, 0.2) is 41.3 Å². The first-order valence-corrected chi connectivity index (χ1v) is 13.0. The van der Waals surface area contributed by atoms with Crippen molar-refractivity contribution in [3.05, 3.63) is 58.6 Å². The molecule has 2 aromatic carbocycles. The average molecular weight is 528 g/mol. The normalized spacial score (nSPS) is 26.9. The lowest BCUT2D eigenvalue weighted by Crippen LogP contribution is -2.57. The number of aliphatic hydroxyl groups excluding tert-OH is 1. The van der Waals surface area contributed by atoms with Gasteiger partial charge in [-0.25, -0.2) is 17.2 Å². The Bertz CT molecular complexity index is 1290. The van der Waals surface area contributed by atoms with Gasteiger partial charge >= 0.3 is 0 Å². The van der Waals surface area contributed by atoms with E-state index in [1.165, 1.54) is 19.1 Å². The third-order valence-electron chi connectivity index (χ3n) is 7.21. The van der Waals surface area contributed by atoms with Crippen molar-refractivity contribution in [2.24, 2.45) is 11.8 Å². The van der Waals surface area contributed by atoms with Gasteiger partial charge in [0, 0.05) is 17.3 Å². The maximum absolute atomic E-state index is 13.5. The van der Waals surface area contributed by atoms with Crippen LogP contribution >= 0.6 is 11.6 Å². The number of anilines is 1. The zero-order valence-electron chi connectivity index (χ0n) is 18.7. The van der Waals surface area contributed by atoms with Gasteiger partial charge in [0.2, 0.25) is 0 Å². The molecule has 3 N–H and O–H groups in total. The van der Waals surface area contributed by atoms with Crippen LogP contribution in [0.25, 0.3) is 0 Å². The molecular formula is C24H24ClF2NO6S. The van der Waals surface area contributed by atoms with Crippen LogP contribution in [-0.2, 0) is 14.6 Å². The van der Waals surface area contributed by atoms with Gasteiger partial charge in [-0.1, -0.05) is 11.6 Å². The van der Waals surface area contributed by atoms with Crippen LogP contribution < -0.4 is 5.32 Å². The molecule has 0 spiro atoms. The highest BCUT2D eigenvalue weighted by molar-refractivity contribution is 7.92. The highest BCUT2D eigenvalue weighted by Gasteiger charge is 2.60. The first-order chi connectivity index (χ1) is 16.4. The number of benzene rings is 2. The number of amides is 1. The zero-order chi connectivity index (χ0) is 25.7. The summed E-state index contributed by atoms with van der Waals surface area (Å²) in [5, 5.41) is 22.8. The van der Waals surface area contributed by atoms with Crippen LogP contribution in [0.2, 0.25) is 5.02 Å². The monoisotopic (exact) mass is 527 g/mol. The van der Waals surface area contributed by atoms with Crippen LogP contribution in [0.5, 0.6) is 0 Å². The number of nitrogens with one attached hydrogen (secondary N) is 1. The quantitative estimate of drug-likeness (QED) is 0.528. The standard InChI is InChI=1S/C24H24ClF2NO6S/c1-12(29)22(30)24(32)14-3-4-15(24)10-17(9-14)35(33,34)21-8-13(2-6-18(21)25)23(31)28-16-5-7-19(26)20(27)11-16/h2,5-8,11,14-15,17,22,30,32H,3-4,9-10H2,1H3,(H,28,31)/t14-,15?,17-,22+,24-/m0/s1. The number of halogens is 3. The van der Waals surface area contributed by atoms with Crippen molar-refractivity contribution in [1.82, 2.24) is 0 Å². The number of carbonyl (C=O) groups is 2. The minimum Gasteiger partial charge on any atom is -0.386 e. The molecule has 4 rings (SSSR count). The lowest BCUT2D eigenvalue weighted by atomic mass is 9.70. The third-order valence-corrected chi connectivity index (χ3v) is 9.86. The fraction of sp³-hybridized carbons (Fsp3) is 0.417. The molecule has 11 heteroatoms. The molecule has 0 heterocycles. The second kappa shape index (κ2) is 9.24. The van der Waals surface area contributed by atoms with E-state index in [0.717, 1.165) is 24.3 Å². The lowest BCUT2D eigenvalue weighted by molar-refractivity contribution is -0.162. The molecule has 2 bridgehead atoms. The second-order valence-electron chi connectivity index (χ2n) is 9.24. The number of Topliss-reactive ketones (excluding diaryl/α,β-unsaturated/α-hetero) is 1. The minimum atomic E-state index is -4.06. The van der Waals surface area contributed by atoms with Crippen LogP contribution in [0.4, 0.5) is 14.5 Å². The summed E-state index contributed by atoms with van der Waals surface area (Å²) in [4.78, 5) is 24.1. The summed E-state index contributed by atoms with van der Waals surface area (Å²) in [5.74, 6) is -4.71. The summed E-state index contributed by atoms with van der Waals surface area (Å²) in [6.07, 6.45) is -0.581. The van der Waals surface area contributed by atoms with Crippen molar-refractivity contribution in [2.75, 3.05) is 5.32 Å². The number of hydrogen-bond acceptors (Lipinski definition) is 6. The number of hydrogen-bond donors (Lipinski definition) is 3. The predicted molar refractivity (Wildman–Crippen MR) is 124 cm³/mol. The van der Waals surface area contributed by atoms with Gasteiger partial charge in [0.1, 0.15) is 11.7 Å². The summed E-state index contributed by atoms with van der Waals surface area (Å²) in [7, 11) is -4.06. The van der Waals surface area contributed by atoms with E-state index in [0.29, 0.717) is 12.8 Å². The average Bonchev–Trinajstić information content (AvgIpc) is 2.97. The van der Waals surface area contributed by atoms with E-state index in [2.05, 4.69) is 5.32 Å². The van der Waals surface area contributed by atoms with Gasteiger partial charge in [0.25, 0.3) is 5.91 Å². The highest BCUT2D eigenvalue weighted by Crippen LogP contribution is 2.53. The number of fused-ring (bicyclic) bond motifs is 2. The van der Waals surface area contributed by atoms with Crippen molar-refractivity contribution in [3.63, 3.8) is 0 Å². The summed E-state index contributed by atoms with van der Waals surface area (Å²) in [6.45, 7) is 1.18. The van der Waals surface area contributed by atoms with Gasteiger partial charge in [-0.05, 0) is 74.8 Å². The molecular weight excluding hydrogens is 504 g/mol. The van der Waals surface area contributed by atoms with Crippen LogP contribution in [0.3, 0.4) is 0 Å². The van der Waals surface area contributed by atoms with Gasteiger partial charge in [0.15, 0.2) is 27.3 Å². The molecule has 5 atom stereocenters. The first-order valence-electron chi connectivity index (χ1n) is 11.1. The maximum Gasteiger partial charge on any atom is 0.255 e. The molecule has 0 aromatic heterocycles. The summed E-state index contributed by atoms with van der Waals surface area (Å²) >= 11 is 6.20. The molecule has 35 heavy (non-hydrogen) atoms. The molecule has 0 radical (unpaired) electrons. The topological polar surface area (TPSA) is 121 Å². The molecule has 2 fully saturated rings. The summed E-state index contributed by atoms with van der Waals surface area (Å²) < 4.78 is 53.7. The van der Waals surface area contributed by atoms with Crippen LogP contribution in [0, 0.1) is 23.5 Å². The Morgan fingerprint density at radius 2 is 1.71 bits per heavy atom. The van der Waals surface area contributed by atoms with Gasteiger partial charge in [-0.15, -0.1) is 0 Å². The number of aliphatic hydroxyl groups is 2. The van der Waals surface area contributed by atoms with Crippen molar-refractivity contribution in [1.29, 1.82) is 0 Å². The van der Waals surface area contributed by atoms with Gasteiger partial charge in [-0.3, -0.25) is 9.59 Å². The Morgan fingerprint density at radius 1 is 1.09 bits per heavy atom. The number of rotatable bonds is 6. The predicted octanol–water partition coefficient (Wildman–Crippen LogP) is 3.51. The maximum atomic E-state index is 13.5. The molecule has 2 saturated carbocycles. The van der Waals surface area contributed by atoms with E-state index in [-0.39, 0.29) is 34.0 Å². The third kappa shape index (κ3) is 4.48. The van der Waals surface area contributed by atoms with E-state index in [4.69, 9.17) is 11.6 Å². The van der Waals surface area contributed by atoms with Crippen molar-refractivity contribution < 1.29 is 37.0 Å². The van der Waals surface area contributed by atoms with Crippen molar-refractivity contribution >= 4 is 38.8 Å². The number of carbonyl (C=O) groups excluding carboxylic acids is 2. The Labute approximate surface area is 206 Å². The van der Waals surface area contributed by atoms with E-state index in [1.54, 1.807) is 0 Å². The number of sulfone groups is 1. The van der Waals surface area contributed by atoms with Crippen molar-refractivity contribution in [3.8, 4) is 0 Å². The Morgan fingerprint density at radius 3 is 2.29 bits per heavy atom. The second-order valence-corrected chi connectivity index (χ2v) is 11.8. The molecule has 2 aromatic rings. The molecule has 0 saturated heterocycles. The molecule has 7 nitrogen and oxygen atoms in total. The molecule has 188 valence electrons. The largest absolute Gasteiger partial charge is 0.386 e. The molecule has 1 amide bonds. The van der Waals surface area contributed by atoms with Gasteiger partial charge in [-0.2, -0.15) is 0 Å². The SMILES string of the molecule is CC(=O)[C@@H](O)[C@@]1(O)C2CC[C@H]1C[C@H](S(=O)(=O)c1cc(C(=O)Nc3ccc(F)c(F)c3)ccc1Cl)C2.